The zero-order valence-electron chi connectivity index (χ0n) is 11.8. The zero-order valence-corrected chi connectivity index (χ0v) is 11.8. The molecule has 0 amide bonds. The summed E-state index contributed by atoms with van der Waals surface area (Å²) in [4.78, 5) is 4.08. The average molecular weight is 254 g/mol. The van der Waals surface area contributed by atoms with E-state index >= 15 is 0 Å². The van der Waals surface area contributed by atoms with Crippen LogP contribution in [0.15, 0.2) is 48.8 Å². The lowest BCUT2D eigenvalue weighted by molar-refractivity contribution is 0.529. The van der Waals surface area contributed by atoms with Crippen LogP contribution in [0.25, 0.3) is 0 Å². The van der Waals surface area contributed by atoms with Gasteiger partial charge in [0.2, 0.25) is 0 Å². The second kappa shape index (κ2) is 7.05. The highest BCUT2D eigenvalue weighted by Crippen LogP contribution is 2.18. The van der Waals surface area contributed by atoms with Gasteiger partial charge in [0.1, 0.15) is 0 Å². The quantitative estimate of drug-likeness (QED) is 0.850. The summed E-state index contributed by atoms with van der Waals surface area (Å²) in [5.41, 5.74) is 3.99. The maximum absolute atomic E-state index is 4.08. The molecule has 0 saturated carbocycles. The summed E-state index contributed by atoms with van der Waals surface area (Å²) in [6.45, 7) is 5.37. The van der Waals surface area contributed by atoms with Crippen molar-refractivity contribution < 1.29 is 0 Å². The van der Waals surface area contributed by atoms with Crippen molar-refractivity contribution in [3.8, 4) is 0 Å². The van der Waals surface area contributed by atoms with Crippen LogP contribution in [0.4, 0.5) is 0 Å². The lowest BCUT2D eigenvalue weighted by Crippen LogP contribution is -2.24. The molecule has 0 radical (unpaired) electrons. The molecule has 1 N–H and O–H groups in total. The van der Waals surface area contributed by atoms with E-state index < -0.39 is 0 Å². The average Bonchev–Trinajstić information content (AvgIpc) is 2.45. The Hall–Kier alpha value is -1.67. The minimum atomic E-state index is 0.378. The van der Waals surface area contributed by atoms with Crippen LogP contribution in [0.5, 0.6) is 0 Å². The molecule has 0 fully saturated rings. The molecule has 2 nitrogen and oxygen atoms in total. The van der Waals surface area contributed by atoms with Gasteiger partial charge >= 0.3 is 0 Å². The number of aryl methyl sites for hydroxylation is 1. The van der Waals surface area contributed by atoms with Gasteiger partial charge in [0.25, 0.3) is 0 Å². The molecule has 2 rings (SSSR count). The predicted octanol–water partition coefficient (Wildman–Crippen LogP) is 3.67. The van der Waals surface area contributed by atoms with Crippen LogP contribution in [0.3, 0.4) is 0 Å². The molecule has 0 bridgehead atoms. The Morgan fingerprint density at radius 1 is 1.05 bits per heavy atom. The second-order valence-electron chi connectivity index (χ2n) is 4.98. The van der Waals surface area contributed by atoms with Gasteiger partial charge in [-0.05, 0) is 49.6 Å². The third kappa shape index (κ3) is 4.18. The van der Waals surface area contributed by atoms with Crippen molar-refractivity contribution in [2.45, 2.75) is 32.7 Å². The molecule has 0 aliphatic carbocycles. The highest BCUT2D eigenvalue weighted by atomic mass is 14.9. The second-order valence-corrected chi connectivity index (χ2v) is 4.98. The van der Waals surface area contributed by atoms with Gasteiger partial charge in [-0.1, -0.05) is 36.8 Å². The van der Waals surface area contributed by atoms with Crippen LogP contribution in [0, 0.1) is 6.92 Å². The molecule has 2 aromatic rings. The molecule has 100 valence electrons. The van der Waals surface area contributed by atoms with Crippen LogP contribution in [0.2, 0.25) is 0 Å². The first-order chi connectivity index (χ1) is 9.29. The van der Waals surface area contributed by atoms with Crippen molar-refractivity contribution in [3.05, 3.63) is 65.5 Å². The van der Waals surface area contributed by atoms with E-state index in [0.717, 1.165) is 19.4 Å². The van der Waals surface area contributed by atoms with Crippen LogP contribution in [-0.2, 0) is 6.42 Å². The molecule has 19 heavy (non-hydrogen) atoms. The van der Waals surface area contributed by atoms with Gasteiger partial charge in [-0.15, -0.1) is 0 Å². The molecular weight excluding hydrogens is 232 g/mol. The van der Waals surface area contributed by atoms with Crippen molar-refractivity contribution in [2.24, 2.45) is 0 Å². The molecule has 1 aromatic heterocycles. The number of hydrogen-bond donors (Lipinski definition) is 1. The minimum Gasteiger partial charge on any atom is -0.310 e. The lowest BCUT2D eigenvalue weighted by atomic mass is 9.98. The van der Waals surface area contributed by atoms with Crippen molar-refractivity contribution in [2.75, 3.05) is 6.54 Å². The summed E-state index contributed by atoms with van der Waals surface area (Å²) in [6, 6.07) is 13.4. The SMILES string of the molecule is CCCNC(Cc1ccncc1)c1ccc(C)cc1. The molecular formula is C17H22N2. The van der Waals surface area contributed by atoms with Crippen LogP contribution < -0.4 is 5.32 Å². The zero-order chi connectivity index (χ0) is 13.5. The van der Waals surface area contributed by atoms with E-state index in [1.165, 1.54) is 16.7 Å². The van der Waals surface area contributed by atoms with E-state index in [0.29, 0.717) is 6.04 Å². The highest BCUT2D eigenvalue weighted by Gasteiger charge is 2.11. The number of nitrogens with one attached hydrogen (secondary N) is 1. The molecule has 0 spiro atoms. The van der Waals surface area contributed by atoms with E-state index in [2.05, 4.69) is 60.5 Å². The van der Waals surface area contributed by atoms with Crippen LogP contribution in [0.1, 0.15) is 36.1 Å². The molecule has 0 aliphatic heterocycles. The van der Waals surface area contributed by atoms with Crippen LogP contribution in [-0.4, -0.2) is 11.5 Å². The summed E-state index contributed by atoms with van der Waals surface area (Å²) in [5.74, 6) is 0. The fourth-order valence-electron chi connectivity index (χ4n) is 2.18. The molecule has 1 atom stereocenters. The Balaban J connectivity index is 2.13. The van der Waals surface area contributed by atoms with Gasteiger partial charge in [-0.3, -0.25) is 4.98 Å². The normalized spacial score (nSPS) is 12.3. The van der Waals surface area contributed by atoms with Gasteiger partial charge in [-0.25, -0.2) is 0 Å². The van der Waals surface area contributed by atoms with Crippen molar-refractivity contribution in [1.82, 2.24) is 10.3 Å². The standard InChI is InChI=1S/C17H22N2/c1-3-10-19-17(13-15-8-11-18-12-9-15)16-6-4-14(2)5-7-16/h4-9,11-12,17,19H,3,10,13H2,1-2H3. The number of nitrogens with zero attached hydrogens (tertiary/aromatic N) is 1. The fourth-order valence-corrected chi connectivity index (χ4v) is 2.18. The van der Waals surface area contributed by atoms with Gasteiger partial charge in [0.05, 0.1) is 0 Å². The molecule has 0 saturated heterocycles. The van der Waals surface area contributed by atoms with Crippen molar-refractivity contribution in [1.29, 1.82) is 0 Å². The Labute approximate surface area is 115 Å². The van der Waals surface area contributed by atoms with Crippen molar-refractivity contribution in [3.63, 3.8) is 0 Å². The molecule has 0 aliphatic rings. The third-order valence-electron chi connectivity index (χ3n) is 3.31. The van der Waals surface area contributed by atoms with Gasteiger partial charge in [0, 0.05) is 18.4 Å². The Bertz CT molecular complexity index is 476. The third-order valence-corrected chi connectivity index (χ3v) is 3.31. The Kier molecular flexibility index (Phi) is 5.10. The number of benzene rings is 1. The van der Waals surface area contributed by atoms with Gasteiger partial charge in [-0.2, -0.15) is 0 Å². The molecule has 1 aromatic carbocycles. The Morgan fingerprint density at radius 2 is 1.74 bits per heavy atom. The summed E-state index contributed by atoms with van der Waals surface area (Å²) >= 11 is 0. The largest absolute Gasteiger partial charge is 0.310 e. The summed E-state index contributed by atoms with van der Waals surface area (Å²) in [7, 11) is 0. The lowest BCUT2D eigenvalue weighted by Gasteiger charge is -2.19. The van der Waals surface area contributed by atoms with Crippen molar-refractivity contribution >= 4 is 0 Å². The first kappa shape index (κ1) is 13.8. The molecule has 2 heteroatoms. The maximum atomic E-state index is 4.08. The Morgan fingerprint density at radius 3 is 2.37 bits per heavy atom. The van der Waals surface area contributed by atoms with Gasteiger partial charge in [0.15, 0.2) is 0 Å². The smallest absolute Gasteiger partial charge is 0.0360 e. The molecule has 1 heterocycles. The van der Waals surface area contributed by atoms with Crippen LogP contribution >= 0.6 is 0 Å². The number of rotatable bonds is 6. The first-order valence-electron chi connectivity index (χ1n) is 6.98. The van der Waals surface area contributed by atoms with E-state index in [1.807, 2.05) is 12.4 Å². The van der Waals surface area contributed by atoms with Gasteiger partial charge < -0.3 is 5.32 Å². The van der Waals surface area contributed by atoms with E-state index in [4.69, 9.17) is 0 Å². The number of hydrogen-bond acceptors (Lipinski definition) is 2. The fraction of sp³-hybridized carbons (Fsp3) is 0.353. The molecule has 1 unspecified atom stereocenters. The first-order valence-corrected chi connectivity index (χ1v) is 6.98. The number of aromatic nitrogens is 1. The number of pyridine rings is 1. The predicted molar refractivity (Wildman–Crippen MR) is 80.2 cm³/mol. The van der Waals surface area contributed by atoms with E-state index in [-0.39, 0.29) is 0 Å². The monoisotopic (exact) mass is 254 g/mol. The minimum absolute atomic E-state index is 0.378. The summed E-state index contributed by atoms with van der Waals surface area (Å²) in [5, 5.41) is 3.63. The summed E-state index contributed by atoms with van der Waals surface area (Å²) in [6.07, 6.45) is 5.88. The topological polar surface area (TPSA) is 24.9 Å². The maximum Gasteiger partial charge on any atom is 0.0360 e. The van der Waals surface area contributed by atoms with E-state index in [9.17, 15) is 0 Å². The highest BCUT2D eigenvalue weighted by molar-refractivity contribution is 5.26. The van der Waals surface area contributed by atoms with E-state index in [1.54, 1.807) is 0 Å². The summed E-state index contributed by atoms with van der Waals surface area (Å²) < 4.78 is 0.